The number of nitrogens with zero attached hydrogens (tertiary/aromatic N) is 1. The summed E-state index contributed by atoms with van der Waals surface area (Å²) in [5.41, 5.74) is 3.54. The van der Waals surface area contributed by atoms with Crippen LogP contribution in [0.25, 0.3) is 0 Å². The molecule has 0 spiro atoms. The lowest BCUT2D eigenvalue weighted by Crippen LogP contribution is -2.15. The van der Waals surface area contributed by atoms with Gasteiger partial charge in [-0.25, -0.2) is 0 Å². The Morgan fingerprint density at radius 2 is 2.05 bits per heavy atom. The van der Waals surface area contributed by atoms with Gasteiger partial charge in [0, 0.05) is 29.3 Å². The number of nitrogens with one attached hydrogen (secondary N) is 1. The number of ether oxygens (including phenoxy) is 1. The van der Waals surface area contributed by atoms with Crippen molar-refractivity contribution in [1.29, 1.82) is 0 Å². The topological polar surface area (TPSA) is 34.2 Å². The molecule has 106 valence electrons. The van der Waals surface area contributed by atoms with Gasteiger partial charge in [-0.2, -0.15) is 0 Å². The molecule has 2 aromatic rings. The fraction of sp³-hybridized carbons (Fsp3) is 0.312. The van der Waals surface area contributed by atoms with Crippen LogP contribution < -0.4 is 10.1 Å². The van der Waals surface area contributed by atoms with Gasteiger partial charge in [0.15, 0.2) is 0 Å². The highest BCUT2D eigenvalue weighted by molar-refractivity contribution is 9.10. The maximum absolute atomic E-state index is 5.37. The third-order valence-corrected chi connectivity index (χ3v) is 3.71. The Hall–Kier alpha value is -1.39. The number of rotatable bonds is 6. The normalized spacial score (nSPS) is 10.6. The van der Waals surface area contributed by atoms with Crippen LogP contribution in [0.15, 0.2) is 41.0 Å². The number of methoxy groups -OCH3 is 1. The minimum Gasteiger partial charge on any atom is -0.496 e. The molecule has 4 heteroatoms. The van der Waals surface area contributed by atoms with Gasteiger partial charge in [0.2, 0.25) is 0 Å². The second-order valence-corrected chi connectivity index (χ2v) is 5.44. The van der Waals surface area contributed by atoms with Gasteiger partial charge < -0.3 is 10.1 Å². The van der Waals surface area contributed by atoms with E-state index in [-0.39, 0.29) is 0 Å². The molecule has 2 rings (SSSR count). The Balaban J connectivity index is 2.01. The van der Waals surface area contributed by atoms with Crippen molar-refractivity contribution < 1.29 is 4.74 Å². The first kappa shape index (κ1) is 15.0. The van der Waals surface area contributed by atoms with Crippen LogP contribution in [0.1, 0.15) is 23.7 Å². The molecule has 0 saturated heterocycles. The van der Waals surface area contributed by atoms with E-state index in [1.165, 1.54) is 5.56 Å². The smallest absolute Gasteiger partial charge is 0.123 e. The summed E-state index contributed by atoms with van der Waals surface area (Å²) >= 11 is 3.49. The predicted octanol–water partition coefficient (Wildman–Crippen LogP) is 3.70. The summed E-state index contributed by atoms with van der Waals surface area (Å²) in [6.45, 7) is 3.67. The molecule has 0 aliphatic carbocycles. The molecule has 1 aromatic carbocycles. The first-order valence-corrected chi connectivity index (χ1v) is 7.49. The molecule has 0 radical (unpaired) electrons. The molecule has 0 atom stereocenters. The highest BCUT2D eigenvalue weighted by Gasteiger charge is 2.05. The van der Waals surface area contributed by atoms with Crippen LogP contribution in [0, 0.1) is 0 Å². The van der Waals surface area contributed by atoms with E-state index in [9.17, 15) is 0 Å². The first-order chi connectivity index (χ1) is 9.74. The molecule has 0 saturated carbocycles. The molecule has 1 aromatic heterocycles. The van der Waals surface area contributed by atoms with Gasteiger partial charge in [-0.05, 0) is 36.2 Å². The van der Waals surface area contributed by atoms with Crippen LogP contribution in [0.4, 0.5) is 0 Å². The second-order valence-electron chi connectivity index (χ2n) is 4.52. The van der Waals surface area contributed by atoms with Crippen LogP contribution in [0.2, 0.25) is 0 Å². The van der Waals surface area contributed by atoms with E-state index < -0.39 is 0 Å². The van der Waals surface area contributed by atoms with E-state index >= 15 is 0 Å². The maximum Gasteiger partial charge on any atom is 0.123 e. The largest absolute Gasteiger partial charge is 0.496 e. The van der Waals surface area contributed by atoms with E-state index in [0.29, 0.717) is 0 Å². The highest BCUT2D eigenvalue weighted by atomic mass is 79.9. The van der Waals surface area contributed by atoms with Crippen LogP contribution in [0.5, 0.6) is 5.75 Å². The van der Waals surface area contributed by atoms with Gasteiger partial charge in [0.05, 0.1) is 12.8 Å². The summed E-state index contributed by atoms with van der Waals surface area (Å²) in [7, 11) is 1.70. The zero-order valence-corrected chi connectivity index (χ0v) is 13.4. The lowest BCUT2D eigenvalue weighted by Gasteiger charge is -2.11. The number of halogens is 1. The second kappa shape index (κ2) is 7.41. The van der Waals surface area contributed by atoms with E-state index in [4.69, 9.17) is 4.74 Å². The third kappa shape index (κ3) is 3.81. The number of pyridine rings is 1. The molecule has 1 heterocycles. The number of benzene rings is 1. The average Bonchev–Trinajstić information content (AvgIpc) is 2.48. The van der Waals surface area contributed by atoms with Gasteiger partial charge >= 0.3 is 0 Å². The third-order valence-electron chi connectivity index (χ3n) is 3.22. The van der Waals surface area contributed by atoms with Crippen molar-refractivity contribution in [2.75, 3.05) is 7.11 Å². The van der Waals surface area contributed by atoms with Gasteiger partial charge in [-0.15, -0.1) is 0 Å². The number of aryl methyl sites for hydroxylation is 1. The van der Waals surface area contributed by atoms with Crippen molar-refractivity contribution in [3.63, 3.8) is 0 Å². The van der Waals surface area contributed by atoms with Gasteiger partial charge in [0.25, 0.3) is 0 Å². The average molecular weight is 335 g/mol. The lowest BCUT2D eigenvalue weighted by atomic mass is 10.1. The standard InChI is InChI=1S/C16H19BrN2O/c1-3-12-5-4-8-19-15(12)11-18-10-13-9-14(17)6-7-16(13)20-2/h4-9,18H,3,10-11H2,1-2H3. The van der Waals surface area contributed by atoms with Crippen LogP contribution in [-0.2, 0) is 19.5 Å². The van der Waals surface area contributed by atoms with E-state index in [1.807, 2.05) is 24.4 Å². The van der Waals surface area contributed by atoms with E-state index in [1.54, 1.807) is 7.11 Å². The van der Waals surface area contributed by atoms with Gasteiger partial charge in [0.1, 0.15) is 5.75 Å². The maximum atomic E-state index is 5.37. The zero-order chi connectivity index (χ0) is 14.4. The Kier molecular flexibility index (Phi) is 5.56. The molecular formula is C16H19BrN2O. The summed E-state index contributed by atoms with van der Waals surface area (Å²) in [4.78, 5) is 4.44. The molecular weight excluding hydrogens is 316 g/mol. The molecule has 0 aliphatic rings. The van der Waals surface area contributed by atoms with Crippen molar-refractivity contribution in [3.05, 3.63) is 57.8 Å². The molecule has 1 N–H and O–H groups in total. The van der Waals surface area contributed by atoms with Crippen molar-refractivity contribution in [3.8, 4) is 5.75 Å². The minimum absolute atomic E-state index is 0.752. The SMILES string of the molecule is CCc1cccnc1CNCc1cc(Br)ccc1OC. The lowest BCUT2D eigenvalue weighted by molar-refractivity contribution is 0.407. The minimum atomic E-state index is 0.752. The molecule has 0 bridgehead atoms. The van der Waals surface area contributed by atoms with Gasteiger partial charge in [-0.3, -0.25) is 4.98 Å². The molecule has 0 fully saturated rings. The van der Waals surface area contributed by atoms with E-state index in [0.717, 1.165) is 41.0 Å². The van der Waals surface area contributed by atoms with Gasteiger partial charge in [-0.1, -0.05) is 28.9 Å². The van der Waals surface area contributed by atoms with Crippen LogP contribution in [-0.4, -0.2) is 12.1 Å². The Morgan fingerprint density at radius 3 is 2.80 bits per heavy atom. The number of hydrogen-bond acceptors (Lipinski definition) is 3. The number of hydrogen-bond donors (Lipinski definition) is 1. The summed E-state index contributed by atoms with van der Waals surface area (Å²) in [5.74, 6) is 0.900. The van der Waals surface area contributed by atoms with Crippen LogP contribution >= 0.6 is 15.9 Å². The summed E-state index contributed by atoms with van der Waals surface area (Å²) in [5, 5.41) is 3.43. The molecule has 0 unspecified atom stereocenters. The van der Waals surface area contributed by atoms with Crippen LogP contribution in [0.3, 0.4) is 0 Å². The summed E-state index contributed by atoms with van der Waals surface area (Å²) in [6.07, 6.45) is 2.85. The fourth-order valence-corrected chi connectivity index (χ4v) is 2.56. The Labute approximate surface area is 128 Å². The number of aromatic nitrogens is 1. The van der Waals surface area contributed by atoms with Crippen molar-refractivity contribution in [2.24, 2.45) is 0 Å². The molecule has 0 aliphatic heterocycles. The highest BCUT2D eigenvalue weighted by Crippen LogP contribution is 2.22. The molecule has 20 heavy (non-hydrogen) atoms. The zero-order valence-electron chi connectivity index (χ0n) is 11.8. The Bertz CT molecular complexity index is 572. The van der Waals surface area contributed by atoms with Crippen molar-refractivity contribution >= 4 is 15.9 Å². The summed E-state index contributed by atoms with van der Waals surface area (Å²) < 4.78 is 6.43. The van der Waals surface area contributed by atoms with E-state index in [2.05, 4.69) is 45.3 Å². The molecule has 3 nitrogen and oxygen atoms in total. The van der Waals surface area contributed by atoms with Crippen molar-refractivity contribution in [1.82, 2.24) is 10.3 Å². The fourth-order valence-electron chi connectivity index (χ4n) is 2.15. The molecule has 0 amide bonds. The van der Waals surface area contributed by atoms with Crippen molar-refractivity contribution in [2.45, 2.75) is 26.4 Å². The summed E-state index contributed by atoms with van der Waals surface area (Å²) in [6, 6.07) is 10.1. The first-order valence-electron chi connectivity index (χ1n) is 6.70. The predicted molar refractivity (Wildman–Crippen MR) is 84.9 cm³/mol. The monoisotopic (exact) mass is 334 g/mol. The quantitative estimate of drug-likeness (QED) is 0.874. The Morgan fingerprint density at radius 1 is 1.20 bits per heavy atom.